The van der Waals surface area contributed by atoms with Gasteiger partial charge in [0, 0.05) is 21.1 Å². The van der Waals surface area contributed by atoms with Crippen LogP contribution in [0.5, 0.6) is 0 Å². The van der Waals surface area contributed by atoms with E-state index < -0.39 is 0 Å². The number of halogens is 1. The third kappa shape index (κ3) is 2.95. The predicted octanol–water partition coefficient (Wildman–Crippen LogP) is 8.54. The van der Waals surface area contributed by atoms with Crippen molar-refractivity contribution in [1.82, 2.24) is 9.55 Å². The Bertz CT molecular complexity index is 1480. The molecule has 1 aliphatic carbocycles. The van der Waals surface area contributed by atoms with Gasteiger partial charge >= 0.3 is 0 Å². The molecule has 0 aliphatic heterocycles. The van der Waals surface area contributed by atoms with Crippen LogP contribution in [0, 0.1) is 0 Å². The van der Waals surface area contributed by atoms with Crippen LogP contribution in [0.2, 0.25) is 0 Å². The SMILES string of the molecule is CCC1(CC)c2ccccc2-c2cc3nc(-c4ccc(Br)cc4)n(-c4ccccc4)c3cc21. The maximum atomic E-state index is 5.19. The second-order valence-electron chi connectivity index (χ2n) is 8.83. The topological polar surface area (TPSA) is 17.8 Å². The first-order valence-electron chi connectivity index (χ1n) is 11.6. The minimum atomic E-state index is 0.0453. The van der Waals surface area contributed by atoms with Crippen molar-refractivity contribution in [2.45, 2.75) is 32.1 Å². The van der Waals surface area contributed by atoms with E-state index in [2.05, 4.69) is 125 Å². The van der Waals surface area contributed by atoms with Crippen LogP contribution in [0.1, 0.15) is 37.8 Å². The average Bonchev–Trinajstić information content (AvgIpc) is 3.37. The zero-order valence-electron chi connectivity index (χ0n) is 18.8. The zero-order valence-corrected chi connectivity index (χ0v) is 20.4. The van der Waals surface area contributed by atoms with Crippen LogP contribution in [0.25, 0.3) is 39.2 Å². The minimum absolute atomic E-state index is 0.0453. The lowest BCUT2D eigenvalue weighted by atomic mass is 9.74. The van der Waals surface area contributed by atoms with Gasteiger partial charge in [0.05, 0.1) is 11.0 Å². The lowest BCUT2D eigenvalue weighted by Gasteiger charge is -2.29. The fourth-order valence-electron chi connectivity index (χ4n) is 5.67. The summed E-state index contributed by atoms with van der Waals surface area (Å²) in [5, 5.41) is 0. The molecule has 0 saturated heterocycles. The summed E-state index contributed by atoms with van der Waals surface area (Å²) in [5.41, 5.74) is 10.1. The quantitative estimate of drug-likeness (QED) is 0.245. The molecule has 1 aliphatic rings. The van der Waals surface area contributed by atoms with Gasteiger partial charge < -0.3 is 0 Å². The summed E-state index contributed by atoms with van der Waals surface area (Å²) in [6, 6.07) is 32.7. The molecule has 0 atom stereocenters. The fraction of sp³-hybridized carbons (Fsp3) is 0.167. The highest BCUT2D eigenvalue weighted by Crippen LogP contribution is 2.53. The summed E-state index contributed by atoms with van der Waals surface area (Å²) < 4.78 is 3.39. The molecule has 0 fully saturated rings. The molecule has 0 spiro atoms. The predicted molar refractivity (Wildman–Crippen MR) is 141 cm³/mol. The molecule has 4 aromatic carbocycles. The number of para-hydroxylation sites is 1. The Morgan fingerprint density at radius 1 is 0.758 bits per heavy atom. The van der Waals surface area contributed by atoms with Gasteiger partial charge in [-0.1, -0.05) is 84.4 Å². The van der Waals surface area contributed by atoms with E-state index in [0.717, 1.165) is 45.4 Å². The van der Waals surface area contributed by atoms with Gasteiger partial charge in [-0.25, -0.2) is 4.98 Å². The number of fused-ring (bicyclic) bond motifs is 4. The summed E-state index contributed by atoms with van der Waals surface area (Å²) in [4.78, 5) is 5.19. The highest BCUT2D eigenvalue weighted by Gasteiger charge is 2.41. The largest absolute Gasteiger partial charge is 0.292 e. The fourth-order valence-corrected chi connectivity index (χ4v) is 5.93. The molecule has 0 bridgehead atoms. The van der Waals surface area contributed by atoms with Crippen LogP contribution in [-0.2, 0) is 5.41 Å². The van der Waals surface area contributed by atoms with Crippen LogP contribution < -0.4 is 0 Å². The van der Waals surface area contributed by atoms with E-state index >= 15 is 0 Å². The third-order valence-corrected chi connectivity index (χ3v) is 7.89. The molecular weight excluding hydrogens is 468 g/mol. The monoisotopic (exact) mass is 492 g/mol. The lowest BCUT2D eigenvalue weighted by molar-refractivity contribution is 0.491. The molecule has 33 heavy (non-hydrogen) atoms. The molecule has 0 radical (unpaired) electrons. The number of benzene rings is 4. The van der Waals surface area contributed by atoms with E-state index in [1.165, 1.54) is 22.3 Å². The molecule has 0 unspecified atom stereocenters. The first-order chi connectivity index (χ1) is 16.2. The maximum Gasteiger partial charge on any atom is 0.145 e. The van der Waals surface area contributed by atoms with E-state index in [4.69, 9.17) is 4.98 Å². The van der Waals surface area contributed by atoms with E-state index in [9.17, 15) is 0 Å². The van der Waals surface area contributed by atoms with Gasteiger partial charge in [0.15, 0.2) is 0 Å². The molecule has 5 aromatic rings. The number of nitrogens with zero attached hydrogens (tertiary/aromatic N) is 2. The van der Waals surface area contributed by atoms with Gasteiger partial charge in [0.1, 0.15) is 5.82 Å². The molecule has 0 N–H and O–H groups in total. The van der Waals surface area contributed by atoms with Crippen LogP contribution in [0.4, 0.5) is 0 Å². The van der Waals surface area contributed by atoms with E-state index in [-0.39, 0.29) is 5.41 Å². The van der Waals surface area contributed by atoms with E-state index in [0.29, 0.717) is 0 Å². The smallest absolute Gasteiger partial charge is 0.145 e. The Hall–Kier alpha value is -3.17. The molecule has 6 rings (SSSR count). The Kier molecular flexibility index (Phi) is 4.77. The Morgan fingerprint density at radius 3 is 2.18 bits per heavy atom. The van der Waals surface area contributed by atoms with Gasteiger partial charge in [0.25, 0.3) is 0 Å². The van der Waals surface area contributed by atoms with Crippen LogP contribution in [0.15, 0.2) is 95.5 Å². The van der Waals surface area contributed by atoms with Crippen LogP contribution >= 0.6 is 15.9 Å². The Morgan fingerprint density at radius 2 is 1.45 bits per heavy atom. The normalized spacial score (nSPS) is 13.8. The number of imidazole rings is 1. The van der Waals surface area contributed by atoms with Crippen LogP contribution in [0.3, 0.4) is 0 Å². The molecule has 0 saturated carbocycles. The summed E-state index contributed by atoms with van der Waals surface area (Å²) >= 11 is 3.57. The number of aromatic nitrogens is 2. The minimum Gasteiger partial charge on any atom is -0.292 e. The van der Waals surface area contributed by atoms with Crippen molar-refractivity contribution in [3.63, 3.8) is 0 Å². The second kappa shape index (κ2) is 7.71. The molecule has 162 valence electrons. The third-order valence-electron chi connectivity index (χ3n) is 7.37. The summed E-state index contributed by atoms with van der Waals surface area (Å²) in [7, 11) is 0. The van der Waals surface area contributed by atoms with Crippen molar-refractivity contribution in [2.75, 3.05) is 0 Å². The standard InChI is InChI=1S/C30H25BrN2/c1-3-30(4-2)25-13-9-8-12-23(25)24-18-27-28(19-26(24)30)33(22-10-6-5-7-11-22)29(32-27)20-14-16-21(31)17-15-20/h5-19H,3-4H2,1-2H3. The van der Waals surface area contributed by atoms with Crippen LogP contribution in [-0.4, -0.2) is 9.55 Å². The van der Waals surface area contributed by atoms with Gasteiger partial charge in [0.2, 0.25) is 0 Å². The van der Waals surface area contributed by atoms with Gasteiger partial charge in [-0.15, -0.1) is 0 Å². The number of hydrogen-bond donors (Lipinski definition) is 0. The zero-order chi connectivity index (χ0) is 22.6. The van der Waals surface area contributed by atoms with Crippen molar-refractivity contribution in [3.8, 4) is 28.2 Å². The molecule has 1 heterocycles. The van der Waals surface area contributed by atoms with Crippen molar-refractivity contribution >= 4 is 27.0 Å². The van der Waals surface area contributed by atoms with Crippen molar-refractivity contribution < 1.29 is 0 Å². The average molecular weight is 493 g/mol. The second-order valence-corrected chi connectivity index (χ2v) is 9.75. The van der Waals surface area contributed by atoms with Gasteiger partial charge in [-0.3, -0.25) is 4.57 Å². The lowest BCUT2D eigenvalue weighted by Crippen LogP contribution is -2.23. The van der Waals surface area contributed by atoms with Crippen molar-refractivity contribution in [3.05, 3.63) is 107 Å². The molecule has 2 nitrogen and oxygen atoms in total. The molecule has 0 amide bonds. The van der Waals surface area contributed by atoms with Gasteiger partial charge in [-0.05, 0) is 71.5 Å². The highest BCUT2D eigenvalue weighted by atomic mass is 79.9. The maximum absolute atomic E-state index is 5.19. The highest BCUT2D eigenvalue weighted by molar-refractivity contribution is 9.10. The van der Waals surface area contributed by atoms with E-state index in [1.807, 2.05) is 0 Å². The molecule has 1 aromatic heterocycles. The molecular formula is C30H25BrN2. The number of rotatable bonds is 4. The van der Waals surface area contributed by atoms with Gasteiger partial charge in [-0.2, -0.15) is 0 Å². The summed E-state index contributed by atoms with van der Waals surface area (Å²) in [5.74, 6) is 0.972. The van der Waals surface area contributed by atoms with Crippen molar-refractivity contribution in [2.24, 2.45) is 0 Å². The first-order valence-corrected chi connectivity index (χ1v) is 12.4. The molecule has 3 heteroatoms. The summed E-state index contributed by atoms with van der Waals surface area (Å²) in [6.45, 7) is 4.64. The Balaban J connectivity index is 1.70. The Labute approximate surface area is 203 Å². The number of hydrogen-bond acceptors (Lipinski definition) is 1. The first kappa shape index (κ1) is 20.4. The summed E-state index contributed by atoms with van der Waals surface area (Å²) in [6.07, 6.45) is 2.16. The van der Waals surface area contributed by atoms with E-state index in [1.54, 1.807) is 0 Å². The van der Waals surface area contributed by atoms with Crippen molar-refractivity contribution in [1.29, 1.82) is 0 Å².